The van der Waals surface area contributed by atoms with Crippen molar-refractivity contribution in [2.24, 2.45) is 0 Å². The highest BCUT2D eigenvalue weighted by molar-refractivity contribution is 5.81. The van der Waals surface area contributed by atoms with Crippen molar-refractivity contribution in [2.45, 2.75) is 95.9 Å². The van der Waals surface area contributed by atoms with Gasteiger partial charge in [-0.25, -0.2) is 4.79 Å². The van der Waals surface area contributed by atoms with Gasteiger partial charge < -0.3 is 20.1 Å². The molecule has 0 saturated carbocycles. The smallest absolute Gasteiger partial charge is 0.330 e. The third-order valence-corrected chi connectivity index (χ3v) is 4.21. The minimum absolute atomic E-state index is 0.342. The van der Waals surface area contributed by atoms with Crippen LogP contribution in [0.25, 0.3) is 0 Å². The lowest BCUT2D eigenvalue weighted by atomic mass is 9.98. The molecular formula is C19H36O5. The van der Waals surface area contributed by atoms with E-state index in [1.807, 2.05) is 0 Å². The number of rotatable bonds is 15. The third-order valence-electron chi connectivity index (χ3n) is 4.21. The van der Waals surface area contributed by atoms with Gasteiger partial charge in [-0.1, -0.05) is 45.1 Å². The molecule has 3 N–H and O–H groups in total. The highest BCUT2D eigenvalue weighted by Gasteiger charge is 2.17. The number of esters is 1. The molecule has 0 heterocycles. The van der Waals surface area contributed by atoms with Crippen molar-refractivity contribution in [1.29, 1.82) is 0 Å². The fourth-order valence-electron chi connectivity index (χ4n) is 2.56. The van der Waals surface area contributed by atoms with Crippen LogP contribution in [-0.2, 0) is 9.53 Å². The molecule has 142 valence electrons. The Balaban J connectivity index is 3.63. The maximum Gasteiger partial charge on any atom is 0.330 e. The molecule has 3 atom stereocenters. The number of aliphatic hydroxyl groups is 3. The van der Waals surface area contributed by atoms with Crippen LogP contribution in [0.3, 0.4) is 0 Å². The van der Waals surface area contributed by atoms with Crippen LogP contribution < -0.4 is 0 Å². The van der Waals surface area contributed by atoms with E-state index in [2.05, 4.69) is 11.7 Å². The standard InChI is InChI=1S/C19H36O5/c1-3-4-8-11-16(20)14-15-18(22)17(21)12-9-6-5-7-10-13-19(23)24-2/h10,13,16-18,20-22H,3-9,11-12,14-15H2,1-2H3. The Morgan fingerprint density at radius 3 is 2.25 bits per heavy atom. The van der Waals surface area contributed by atoms with Gasteiger partial charge in [-0.2, -0.15) is 0 Å². The number of allylic oxidation sites excluding steroid dienone is 1. The summed E-state index contributed by atoms with van der Waals surface area (Å²) in [5.74, 6) is -0.342. The quantitative estimate of drug-likeness (QED) is 0.241. The van der Waals surface area contributed by atoms with Gasteiger partial charge >= 0.3 is 5.97 Å². The number of carbonyl (C=O) groups excluding carboxylic acids is 1. The Bertz CT molecular complexity index is 330. The number of methoxy groups -OCH3 is 1. The van der Waals surface area contributed by atoms with Crippen LogP contribution in [0.2, 0.25) is 0 Å². The number of carbonyl (C=O) groups is 1. The average Bonchev–Trinajstić information content (AvgIpc) is 2.58. The second-order valence-electron chi connectivity index (χ2n) is 6.43. The molecule has 0 radical (unpaired) electrons. The maximum atomic E-state index is 10.9. The zero-order chi connectivity index (χ0) is 18.2. The molecule has 3 unspecified atom stereocenters. The predicted molar refractivity (Wildman–Crippen MR) is 95.6 cm³/mol. The van der Waals surface area contributed by atoms with Crippen molar-refractivity contribution in [3.63, 3.8) is 0 Å². The van der Waals surface area contributed by atoms with E-state index < -0.39 is 12.2 Å². The first-order valence-corrected chi connectivity index (χ1v) is 9.29. The SMILES string of the molecule is CCCCCC(O)CCC(O)C(O)CCCCCC=CC(=O)OC. The van der Waals surface area contributed by atoms with Crippen LogP contribution in [0.4, 0.5) is 0 Å². The van der Waals surface area contributed by atoms with E-state index in [1.165, 1.54) is 13.2 Å². The third kappa shape index (κ3) is 13.5. The van der Waals surface area contributed by atoms with Gasteiger partial charge in [0.1, 0.15) is 0 Å². The molecular weight excluding hydrogens is 308 g/mol. The van der Waals surface area contributed by atoms with E-state index in [0.717, 1.165) is 51.4 Å². The maximum absolute atomic E-state index is 10.9. The van der Waals surface area contributed by atoms with Crippen LogP contribution >= 0.6 is 0 Å². The molecule has 0 fully saturated rings. The molecule has 0 aromatic carbocycles. The molecule has 0 aliphatic carbocycles. The minimum atomic E-state index is -0.759. The Kier molecular flexibility index (Phi) is 15.0. The van der Waals surface area contributed by atoms with E-state index in [4.69, 9.17) is 0 Å². The summed E-state index contributed by atoms with van der Waals surface area (Å²) in [7, 11) is 1.35. The van der Waals surface area contributed by atoms with Crippen LogP contribution in [0.1, 0.15) is 77.6 Å². The normalized spacial score (nSPS) is 15.4. The first-order chi connectivity index (χ1) is 11.5. The molecule has 0 aromatic heterocycles. The molecule has 0 amide bonds. The number of ether oxygens (including phenoxy) is 1. The highest BCUT2D eigenvalue weighted by atomic mass is 16.5. The summed E-state index contributed by atoms with van der Waals surface area (Å²) in [6.07, 6.45) is 10.5. The highest BCUT2D eigenvalue weighted by Crippen LogP contribution is 2.15. The van der Waals surface area contributed by atoms with Gasteiger partial charge in [0, 0.05) is 6.08 Å². The Morgan fingerprint density at radius 2 is 1.58 bits per heavy atom. The lowest BCUT2D eigenvalue weighted by molar-refractivity contribution is -0.134. The summed E-state index contributed by atoms with van der Waals surface area (Å²) in [6.45, 7) is 2.13. The van der Waals surface area contributed by atoms with Gasteiger partial charge in [-0.05, 0) is 38.5 Å². The summed E-state index contributed by atoms with van der Waals surface area (Å²) in [5.41, 5.74) is 0. The minimum Gasteiger partial charge on any atom is -0.466 e. The van der Waals surface area contributed by atoms with Crippen molar-refractivity contribution < 1.29 is 24.9 Å². The number of hydrogen-bond acceptors (Lipinski definition) is 5. The summed E-state index contributed by atoms with van der Waals surface area (Å²) < 4.78 is 4.50. The van der Waals surface area contributed by atoms with Crippen molar-refractivity contribution in [3.8, 4) is 0 Å². The monoisotopic (exact) mass is 344 g/mol. The lowest BCUT2D eigenvalue weighted by Crippen LogP contribution is -2.27. The first kappa shape index (κ1) is 23.1. The molecule has 5 nitrogen and oxygen atoms in total. The number of aliphatic hydroxyl groups excluding tert-OH is 3. The molecule has 0 bridgehead atoms. The van der Waals surface area contributed by atoms with Gasteiger partial charge in [0.05, 0.1) is 25.4 Å². The molecule has 0 saturated heterocycles. The van der Waals surface area contributed by atoms with Crippen LogP contribution in [-0.4, -0.2) is 46.7 Å². The lowest BCUT2D eigenvalue weighted by Gasteiger charge is -2.19. The van der Waals surface area contributed by atoms with E-state index in [9.17, 15) is 20.1 Å². The predicted octanol–water partition coefficient (Wildman–Crippen LogP) is 3.11. The van der Waals surface area contributed by atoms with Crippen LogP contribution in [0, 0.1) is 0 Å². The van der Waals surface area contributed by atoms with Gasteiger partial charge in [-0.15, -0.1) is 0 Å². The molecule has 24 heavy (non-hydrogen) atoms. The van der Waals surface area contributed by atoms with E-state index in [-0.39, 0.29) is 12.1 Å². The zero-order valence-electron chi connectivity index (χ0n) is 15.3. The van der Waals surface area contributed by atoms with Crippen LogP contribution in [0.15, 0.2) is 12.2 Å². The summed E-state index contributed by atoms with van der Waals surface area (Å²) in [6, 6.07) is 0. The van der Waals surface area contributed by atoms with Gasteiger partial charge in [0.2, 0.25) is 0 Å². The molecule has 0 aliphatic heterocycles. The Morgan fingerprint density at radius 1 is 0.917 bits per heavy atom. The van der Waals surface area contributed by atoms with Crippen molar-refractivity contribution >= 4 is 5.97 Å². The first-order valence-electron chi connectivity index (χ1n) is 9.29. The summed E-state index contributed by atoms with van der Waals surface area (Å²) in [5, 5.41) is 29.7. The number of unbranched alkanes of at least 4 members (excludes halogenated alkanes) is 5. The second-order valence-corrected chi connectivity index (χ2v) is 6.43. The topological polar surface area (TPSA) is 87.0 Å². The molecule has 0 rings (SSSR count). The molecule has 0 spiro atoms. The van der Waals surface area contributed by atoms with Gasteiger partial charge in [0.25, 0.3) is 0 Å². The summed E-state index contributed by atoms with van der Waals surface area (Å²) in [4.78, 5) is 10.9. The molecule has 0 aromatic rings. The summed E-state index contributed by atoms with van der Waals surface area (Å²) >= 11 is 0. The van der Waals surface area contributed by atoms with E-state index in [1.54, 1.807) is 6.08 Å². The van der Waals surface area contributed by atoms with Gasteiger partial charge in [0.15, 0.2) is 0 Å². The van der Waals surface area contributed by atoms with Crippen molar-refractivity contribution in [3.05, 3.63) is 12.2 Å². The second kappa shape index (κ2) is 15.6. The Labute approximate surface area is 146 Å². The average molecular weight is 344 g/mol. The van der Waals surface area contributed by atoms with E-state index in [0.29, 0.717) is 19.3 Å². The fraction of sp³-hybridized carbons (Fsp3) is 0.842. The van der Waals surface area contributed by atoms with Crippen molar-refractivity contribution in [2.75, 3.05) is 7.11 Å². The Hall–Kier alpha value is -0.910. The zero-order valence-corrected chi connectivity index (χ0v) is 15.3. The van der Waals surface area contributed by atoms with Crippen molar-refractivity contribution in [1.82, 2.24) is 0 Å². The largest absolute Gasteiger partial charge is 0.466 e. The number of hydrogen-bond donors (Lipinski definition) is 3. The van der Waals surface area contributed by atoms with Crippen LogP contribution in [0.5, 0.6) is 0 Å². The molecule has 0 aliphatic rings. The fourth-order valence-corrected chi connectivity index (χ4v) is 2.56. The van der Waals surface area contributed by atoms with Gasteiger partial charge in [-0.3, -0.25) is 0 Å². The molecule has 5 heteroatoms. The van der Waals surface area contributed by atoms with E-state index >= 15 is 0 Å².